The summed E-state index contributed by atoms with van der Waals surface area (Å²) in [4.78, 5) is 27.6. The van der Waals surface area contributed by atoms with Crippen molar-refractivity contribution in [2.45, 2.75) is 38.9 Å². The second-order valence-corrected chi connectivity index (χ2v) is 9.04. The first-order valence-corrected chi connectivity index (χ1v) is 11.9. The number of nitrogens with zero attached hydrogens (tertiary/aromatic N) is 1. The van der Waals surface area contributed by atoms with Crippen molar-refractivity contribution in [2.75, 3.05) is 18.0 Å². The van der Waals surface area contributed by atoms with E-state index in [4.69, 9.17) is 4.74 Å². The molecule has 1 saturated heterocycles. The van der Waals surface area contributed by atoms with E-state index in [2.05, 4.69) is 5.32 Å². The van der Waals surface area contributed by atoms with Crippen molar-refractivity contribution in [2.24, 2.45) is 0 Å². The number of carboxylic acids is 1. The molecule has 0 atom stereocenters. The molecule has 1 amide bonds. The van der Waals surface area contributed by atoms with Crippen molar-refractivity contribution >= 4 is 17.6 Å². The largest absolute Gasteiger partial charge is 0.478 e. The molecule has 0 spiro atoms. The molecular weight excluding hydrogens is 485 g/mol. The van der Waals surface area contributed by atoms with E-state index in [9.17, 15) is 27.9 Å². The number of nitrogens with one attached hydrogen (secondary N) is 1. The van der Waals surface area contributed by atoms with Gasteiger partial charge in [0.25, 0.3) is 5.91 Å². The van der Waals surface area contributed by atoms with Crippen molar-refractivity contribution in [3.05, 3.63) is 88.5 Å². The lowest BCUT2D eigenvalue weighted by atomic mass is 9.99. The molecule has 0 aromatic heterocycles. The summed E-state index contributed by atoms with van der Waals surface area (Å²) in [5.74, 6) is -2.19. The standard InChI is InChI=1S/C28H27F3N2O4/c1-17-7-8-19(15-18(17)2)26(34)33(20-11-13-32-14-12-20)24-10-9-21(16-22(24)27(35)36)37-25-6-4-3-5-23(25)28(29,30)31/h3-10,15-16,20,32H,11-14H2,1-2H3,(H,35,36). The van der Waals surface area contributed by atoms with Gasteiger partial charge in [0.1, 0.15) is 11.5 Å². The van der Waals surface area contributed by atoms with Crippen molar-refractivity contribution < 1.29 is 32.6 Å². The zero-order chi connectivity index (χ0) is 26.7. The molecule has 194 valence electrons. The Balaban J connectivity index is 1.77. The number of para-hydroxylation sites is 1. The number of aryl methyl sites for hydroxylation is 2. The molecule has 3 aromatic carbocycles. The number of aromatic carboxylic acids is 1. The van der Waals surface area contributed by atoms with Crippen LogP contribution in [0.5, 0.6) is 11.5 Å². The Morgan fingerprint density at radius 3 is 2.32 bits per heavy atom. The molecule has 1 aliphatic heterocycles. The van der Waals surface area contributed by atoms with Crippen molar-refractivity contribution in [1.82, 2.24) is 5.32 Å². The van der Waals surface area contributed by atoms with Gasteiger partial charge in [-0.2, -0.15) is 13.2 Å². The fourth-order valence-corrected chi connectivity index (χ4v) is 4.43. The van der Waals surface area contributed by atoms with Gasteiger partial charge < -0.3 is 20.1 Å². The van der Waals surface area contributed by atoms with Gasteiger partial charge in [0.2, 0.25) is 0 Å². The molecule has 1 fully saturated rings. The molecule has 0 radical (unpaired) electrons. The maximum absolute atomic E-state index is 13.8. The van der Waals surface area contributed by atoms with Crippen LogP contribution < -0.4 is 15.0 Å². The highest BCUT2D eigenvalue weighted by Crippen LogP contribution is 2.39. The van der Waals surface area contributed by atoms with E-state index in [0.29, 0.717) is 31.5 Å². The Bertz CT molecular complexity index is 1320. The first-order valence-electron chi connectivity index (χ1n) is 11.9. The van der Waals surface area contributed by atoms with Gasteiger partial charge in [-0.05, 0) is 93.4 Å². The molecular formula is C28H27F3N2O4. The van der Waals surface area contributed by atoms with Crippen molar-refractivity contribution in [3.63, 3.8) is 0 Å². The lowest BCUT2D eigenvalue weighted by Crippen LogP contribution is -2.47. The number of carboxylic acid groups (broad SMARTS) is 1. The highest BCUT2D eigenvalue weighted by molar-refractivity contribution is 6.10. The second kappa shape index (κ2) is 10.6. The predicted molar refractivity (Wildman–Crippen MR) is 134 cm³/mol. The van der Waals surface area contributed by atoms with Crippen LogP contribution in [0.4, 0.5) is 18.9 Å². The Labute approximate surface area is 212 Å². The number of rotatable bonds is 6. The number of hydrogen-bond acceptors (Lipinski definition) is 4. The summed E-state index contributed by atoms with van der Waals surface area (Å²) in [5.41, 5.74) is 1.34. The van der Waals surface area contributed by atoms with E-state index in [1.54, 1.807) is 12.1 Å². The third-order valence-electron chi connectivity index (χ3n) is 6.52. The minimum Gasteiger partial charge on any atom is -0.478 e. The molecule has 6 nitrogen and oxygen atoms in total. The maximum Gasteiger partial charge on any atom is 0.419 e. The fourth-order valence-electron chi connectivity index (χ4n) is 4.43. The molecule has 9 heteroatoms. The van der Waals surface area contributed by atoms with Crippen LogP contribution in [-0.4, -0.2) is 36.1 Å². The van der Waals surface area contributed by atoms with E-state index in [1.165, 1.54) is 35.2 Å². The van der Waals surface area contributed by atoms with Gasteiger partial charge in [0.05, 0.1) is 16.8 Å². The highest BCUT2D eigenvalue weighted by atomic mass is 19.4. The Morgan fingerprint density at radius 2 is 1.68 bits per heavy atom. The zero-order valence-corrected chi connectivity index (χ0v) is 20.4. The van der Waals surface area contributed by atoms with E-state index < -0.39 is 23.5 Å². The van der Waals surface area contributed by atoms with Gasteiger partial charge in [-0.3, -0.25) is 4.79 Å². The number of hydrogen-bond donors (Lipinski definition) is 2. The van der Waals surface area contributed by atoms with Gasteiger partial charge in [0, 0.05) is 11.6 Å². The summed E-state index contributed by atoms with van der Waals surface area (Å²) in [7, 11) is 0. The summed E-state index contributed by atoms with van der Waals surface area (Å²) >= 11 is 0. The quantitative estimate of drug-likeness (QED) is 0.411. The highest BCUT2D eigenvalue weighted by Gasteiger charge is 2.35. The number of carbonyl (C=O) groups excluding carboxylic acids is 1. The fraction of sp³-hybridized carbons (Fsp3) is 0.286. The van der Waals surface area contributed by atoms with Crippen LogP contribution in [0.15, 0.2) is 60.7 Å². The van der Waals surface area contributed by atoms with E-state index in [0.717, 1.165) is 23.3 Å². The number of halogens is 3. The number of alkyl halides is 3. The minimum absolute atomic E-state index is 0.0817. The van der Waals surface area contributed by atoms with Crippen LogP contribution in [-0.2, 0) is 6.18 Å². The number of carbonyl (C=O) groups is 2. The molecule has 0 aliphatic carbocycles. The van der Waals surface area contributed by atoms with Gasteiger partial charge in [-0.1, -0.05) is 18.2 Å². The van der Waals surface area contributed by atoms with Crippen LogP contribution in [0.1, 0.15) is 50.2 Å². The SMILES string of the molecule is Cc1ccc(C(=O)N(c2ccc(Oc3ccccc3C(F)(F)F)cc2C(=O)O)C2CCNCC2)cc1C. The average molecular weight is 513 g/mol. The van der Waals surface area contributed by atoms with Gasteiger partial charge >= 0.3 is 12.1 Å². The number of benzene rings is 3. The Morgan fingerprint density at radius 1 is 0.973 bits per heavy atom. The minimum atomic E-state index is -4.64. The average Bonchev–Trinajstić information content (AvgIpc) is 2.86. The van der Waals surface area contributed by atoms with Crippen LogP contribution in [0, 0.1) is 13.8 Å². The number of anilines is 1. The zero-order valence-electron chi connectivity index (χ0n) is 20.4. The summed E-state index contributed by atoms with van der Waals surface area (Å²) in [6.07, 6.45) is -3.41. The van der Waals surface area contributed by atoms with Crippen molar-refractivity contribution in [3.8, 4) is 11.5 Å². The molecule has 3 aromatic rings. The molecule has 0 saturated carbocycles. The topological polar surface area (TPSA) is 78.9 Å². The van der Waals surface area contributed by atoms with Gasteiger partial charge in [-0.25, -0.2) is 4.79 Å². The van der Waals surface area contributed by atoms with Crippen LogP contribution >= 0.6 is 0 Å². The van der Waals surface area contributed by atoms with Crippen LogP contribution in [0.3, 0.4) is 0 Å². The Hall–Kier alpha value is -3.85. The molecule has 4 rings (SSSR count). The van der Waals surface area contributed by atoms with Crippen LogP contribution in [0.2, 0.25) is 0 Å². The number of piperidine rings is 1. The molecule has 37 heavy (non-hydrogen) atoms. The smallest absolute Gasteiger partial charge is 0.419 e. The van der Waals surface area contributed by atoms with E-state index >= 15 is 0 Å². The molecule has 0 unspecified atom stereocenters. The number of amides is 1. The van der Waals surface area contributed by atoms with Crippen molar-refractivity contribution in [1.29, 1.82) is 0 Å². The molecule has 1 aliphatic rings. The predicted octanol–water partition coefficient (Wildman–Crippen LogP) is 6.21. The normalized spacial score (nSPS) is 14.3. The maximum atomic E-state index is 13.8. The molecule has 1 heterocycles. The summed E-state index contributed by atoms with van der Waals surface area (Å²) in [6, 6.07) is 13.8. The molecule has 0 bridgehead atoms. The lowest BCUT2D eigenvalue weighted by Gasteiger charge is -2.35. The summed E-state index contributed by atoms with van der Waals surface area (Å²) in [5, 5.41) is 13.3. The molecule has 2 N–H and O–H groups in total. The van der Waals surface area contributed by atoms with Gasteiger partial charge in [0.15, 0.2) is 0 Å². The monoisotopic (exact) mass is 512 g/mol. The Kier molecular flexibility index (Phi) is 7.54. The third kappa shape index (κ3) is 5.77. The van der Waals surface area contributed by atoms with E-state index in [1.807, 2.05) is 19.9 Å². The first kappa shape index (κ1) is 26.2. The number of ether oxygens (including phenoxy) is 1. The van der Waals surface area contributed by atoms with E-state index in [-0.39, 0.29) is 28.9 Å². The summed E-state index contributed by atoms with van der Waals surface area (Å²) in [6.45, 7) is 5.17. The summed E-state index contributed by atoms with van der Waals surface area (Å²) < 4.78 is 45.7. The van der Waals surface area contributed by atoms with Gasteiger partial charge in [-0.15, -0.1) is 0 Å². The third-order valence-corrected chi connectivity index (χ3v) is 6.52. The second-order valence-electron chi connectivity index (χ2n) is 9.04. The first-order chi connectivity index (χ1) is 17.6. The van der Waals surface area contributed by atoms with Crippen LogP contribution in [0.25, 0.3) is 0 Å². The lowest BCUT2D eigenvalue weighted by molar-refractivity contribution is -0.138.